The maximum atomic E-state index is 5.84. The zero-order valence-electron chi connectivity index (χ0n) is 10.9. The number of aryl methyl sites for hydroxylation is 1. The summed E-state index contributed by atoms with van der Waals surface area (Å²) < 4.78 is 0. The van der Waals surface area contributed by atoms with Gasteiger partial charge in [0, 0.05) is 24.8 Å². The van der Waals surface area contributed by atoms with Gasteiger partial charge in [-0.2, -0.15) is 0 Å². The Bertz CT molecular complexity index is 505. The predicted molar refractivity (Wildman–Crippen MR) is 75.0 cm³/mol. The minimum absolute atomic E-state index is 0.619. The minimum atomic E-state index is 0.619. The molecule has 18 heavy (non-hydrogen) atoms. The Kier molecular flexibility index (Phi) is 3.95. The highest BCUT2D eigenvalue weighted by molar-refractivity contribution is 5.38. The Labute approximate surface area is 108 Å². The van der Waals surface area contributed by atoms with Crippen LogP contribution in [0.3, 0.4) is 0 Å². The lowest BCUT2D eigenvalue weighted by Crippen LogP contribution is -2.18. The summed E-state index contributed by atoms with van der Waals surface area (Å²) in [7, 11) is 2.09. The molecule has 0 saturated heterocycles. The molecule has 0 unspecified atom stereocenters. The van der Waals surface area contributed by atoms with E-state index in [1.807, 2.05) is 12.1 Å². The number of nitrogens with zero attached hydrogens (tertiary/aromatic N) is 2. The van der Waals surface area contributed by atoms with Crippen LogP contribution in [0.1, 0.15) is 16.7 Å². The number of hydrogen-bond donors (Lipinski definition) is 1. The molecule has 1 heterocycles. The highest BCUT2D eigenvalue weighted by Gasteiger charge is 2.04. The smallest absolute Gasteiger partial charge is 0.127 e. The molecule has 0 bridgehead atoms. The highest BCUT2D eigenvalue weighted by Crippen LogP contribution is 2.12. The highest BCUT2D eigenvalue weighted by atomic mass is 15.1. The second kappa shape index (κ2) is 5.65. The van der Waals surface area contributed by atoms with E-state index < -0.39 is 0 Å². The average Bonchev–Trinajstić information content (AvgIpc) is 2.35. The molecule has 1 aromatic carbocycles. The van der Waals surface area contributed by atoms with E-state index in [-0.39, 0.29) is 0 Å². The van der Waals surface area contributed by atoms with Crippen molar-refractivity contribution in [1.29, 1.82) is 0 Å². The summed E-state index contributed by atoms with van der Waals surface area (Å²) in [5.74, 6) is 0.619. The topological polar surface area (TPSA) is 42.2 Å². The summed E-state index contributed by atoms with van der Waals surface area (Å²) in [6.45, 7) is 3.83. The molecule has 0 aliphatic heterocycles. The molecule has 2 rings (SSSR count). The number of rotatable bonds is 4. The number of anilines is 1. The van der Waals surface area contributed by atoms with Gasteiger partial charge in [0.25, 0.3) is 0 Å². The van der Waals surface area contributed by atoms with Gasteiger partial charge in [0.15, 0.2) is 0 Å². The van der Waals surface area contributed by atoms with Crippen molar-refractivity contribution < 1.29 is 0 Å². The number of nitrogen functional groups attached to an aromatic ring is 1. The summed E-state index contributed by atoms with van der Waals surface area (Å²) in [4.78, 5) is 6.34. The first kappa shape index (κ1) is 12.6. The molecular weight excluding hydrogens is 222 g/mol. The molecule has 0 amide bonds. The zero-order chi connectivity index (χ0) is 13.0. The van der Waals surface area contributed by atoms with Gasteiger partial charge in [-0.1, -0.05) is 35.9 Å². The van der Waals surface area contributed by atoms with Gasteiger partial charge in [0.1, 0.15) is 5.82 Å². The first-order valence-corrected chi connectivity index (χ1v) is 6.08. The summed E-state index contributed by atoms with van der Waals surface area (Å²) in [5, 5.41) is 0. The zero-order valence-corrected chi connectivity index (χ0v) is 10.9. The molecule has 3 heteroatoms. The van der Waals surface area contributed by atoms with Crippen molar-refractivity contribution in [1.82, 2.24) is 9.88 Å². The van der Waals surface area contributed by atoms with Gasteiger partial charge >= 0.3 is 0 Å². The fraction of sp³-hybridized carbons (Fsp3) is 0.267. The molecule has 94 valence electrons. The summed E-state index contributed by atoms with van der Waals surface area (Å²) in [6.07, 6.45) is 1.72. The molecule has 0 atom stereocenters. The average molecular weight is 241 g/mol. The second-order valence-corrected chi connectivity index (χ2v) is 4.71. The van der Waals surface area contributed by atoms with Crippen LogP contribution < -0.4 is 5.73 Å². The Hall–Kier alpha value is -1.87. The largest absolute Gasteiger partial charge is 0.383 e. The number of hydrogen-bond acceptors (Lipinski definition) is 3. The van der Waals surface area contributed by atoms with Crippen molar-refractivity contribution in [3.05, 3.63) is 59.3 Å². The molecule has 0 aliphatic rings. The molecule has 0 fully saturated rings. The van der Waals surface area contributed by atoms with E-state index in [1.165, 1.54) is 11.1 Å². The van der Waals surface area contributed by atoms with Crippen LogP contribution in [-0.4, -0.2) is 16.9 Å². The normalized spacial score (nSPS) is 10.8. The predicted octanol–water partition coefficient (Wildman–Crippen LogP) is 2.60. The SMILES string of the molecule is Cc1ccc(CN(C)Cc2cccnc2N)cc1. The molecule has 2 aromatic rings. The fourth-order valence-corrected chi connectivity index (χ4v) is 1.94. The summed E-state index contributed by atoms with van der Waals surface area (Å²) in [6, 6.07) is 12.6. The van der Waals surface area contributed by atoms with Crippen LogP contribution in [0.15, 0.2) is 42.6 Å². The Morgan fingerprint density at radius 3 is 2.50 bits per heavy atom. The van der Waals surface area contributed by atoms with Crippen LogP contribution in [0, 0.1) is 6.92 Å². The van der Waals surface area contributed by atoms with Crippen LogP contribution in [0.25, 0.3) is 0 Å². The van der Waals surface area contributed by atoms with Crippen LogP contribution in [0.4, 0.5) is 5.82 Å². The minimum Gasteiger partial charge on any atom is -0.383 e. The van der Waals surface area contributed by atoms with Crippen molar-refractivity contribution in [3.63, 3.8) is 0 Å². The molecule has 0 spiro atoms. The van der Waals surface area contributed by atoms with Crippen LogP contribution in [0.2, 0.25) is 0 Å². The molecule has 1 aromatic heterocycles. The quantitative estimate of drug-likeness (QED) is 0.894. The lowest BCUT2D eigenvalue weighted by atomic mass is 10.1. The van der Waals surface area contributed by atoms with E-state index in [1.54, 1.807) is 6.20 Å². The van der Waals surface area contributed by atoms with Gasteiger partial charge in [-0.15, -0.1) is 0 Å². The Balaban J connectivity index is 1.99. The van der Waals surface area contributed by atoms with E-state index in [9.17, 15) is 0 Å². The molecular formula is C15H19N3. The second-order valence-electron chi connectivity index (χ2n) is 4.71. The third-order valence-corrected chi connectivity index (χ3v) is 2.94. The number of aromatic nitrogens is 1. The molecule has 0 saturated carbocycles. The van der Waals surface area contributed by atoms with Gasteiger partial charge in [-0.3, -0.25) is 4.90 Å². The maximum absolute atomic E-state index is 5.84. The van der Waals surface area contributed by atoms with Gasteiger partial charge < -0.3 is 5.73 Å². The van der Waals surface area contributed by atoms with Gasteiger partial charge in [0.05, 0.1) is 0 Å². The maximum Gasteiger partial charge on any atom is 0.127 e. The first-order chi connectivity index (χ1) is 8.65. The van der Waals surface area contributed by atoms with E-state index in [4.69, 9.17) is 5.73 Å². The van der Waals surface area contributed by atoms with Crippen molar-refractivity contribution in [2.24, 2.45) is 0 Å². The first-order valence-electron chi connectivity index (χ1n) is 6.08. The lowest BCUT2D eigenvalue weighted by Gasteiger charge is -2.17. The van der Waals surface area contributed by atoms with Crippen LogP contribution >= 0.6 is 0 Å². The summed E-state index contributed by atoms with van der Waals surface area (Å²) in [5.41, 5.74) is 9.52. The lowest BCUT2D eigenvalue weighted by molar-refractivity contribution is 0.319. The fourth-order valence-electron chi connectivity index (χ4n) is 1.94. The van der Waals surface area contributed by atoms with Crippen LogP contribution in [0.5, 0.6) is 0 Å². The van der Waals surface area contributed by atoms with Crippen molar-refractivity contribution in [3.8, 4) is 0 Å². The summed E-state index contributed by atoms with van der Waals surface area (Å²) >= 11 is 0. The Morgan fingerprint density at radius 1 is 1.11 bits per heavy atom. The third kappa shape index (κ3) is 3.31. The monoisotopic (exact) mass is 241 g/mol. The van der Waals surface area contributed by atoms with Gasteiger partial charge in [0.2, 0.25) is 0 Å². The van der Waals surface area contributed by atoms with Gasteiger partial charge in [-0.25, -0.2) is 4.98 Å². The Morgan fingerprint density at radius 2 is 1.83 bits per heavy atom. The van der Waals surface area contributed by atoms with Crippen molar-refractivity contribution >= 4 is 5.82 Å². The molecule has 2 N–H and O–H groups in total. The van der Waals surface area contributed by atoms with E-state index in [0.717, 1.165) is 18.7 Å². The molecule has 0 aliphatic carbocycles. The van der Waals surface area contributed by atoms with E-state index >= 15 is 0 Å². The molecule has 0 radical (unpaired) electrons. The van der Waals surface area contributed by atoms with Crippen molar-refractivity contribution in [2.75, 3.05) is 12.8 Å². The third-order valence-electron chi connectivity index (χ3n) is 2.94. The van der Waals surface area contributed by atoms with E-state index in [0.29, 0.717) is 5.82 Å². The van der Waals surface area contributed by atoms with Gasteiger partial charge in [-0.05, 0) is 25.6 Å². The van der Waals surface area contributed by atoms with E-state index in [2.05, 4.69) is 48.1 Å². The number of pyridine rings is 1. The van der Waals surface area contributed by atoms with Crippen LogP contribution in [-0.2, 0) is 13.1 Å². The molecule has 3 nitrogen and oxygen atoms in total. The standard InChI is InChI=1S/C15H19N3/c1-12-5-7-13(8-6-12)10-18(2)11-14-4-3-9-17-15(14)16/h3-9H,10-11H2,1-2H3,(H2,16,17). The number of nitrogens with two attached hydrogens (primary N) is 1. The number of benzene rings is 1. The van der Waals surface area contributed by atoms with Crippen molar-refractivity contribution in [2.45, 2.75) is 20.0 Å².